The van der Waals surface area contributed by atoms with Crippen molar-refractivity contribution in [3.63, 3.8) is 0 Å². The van der Waals surface area contributed by atoms with Gasteiger partial charge in [0.05, 0.1) is 6.61 Å². The maximum absolute atomic E-state index is 10.5. The number of halogens is 1. The minimum atomic E-state index is -0.983. The zero-order chi connectivity index (χ0) is 11.3. The molecule has 1 aromatic rings. The first-order chi connectivity index (χ1) is 7.13. The van der Waals surface area contributed by atoms with Gasteiger partial charge in [0.1, 0.15) is 11.8 Å². The molecule has 0 fully saturated rings. The van der Waals surface area contributed by atoms with E-state index in [2.05, 4.69) is 0 Å². The van der Waals surface area contributed by atoms with E-state index in [-0.39, 0.29) is 12.4 Å². The van der Waals surface area contributed by atoms with Crippen LogP contribution in [0, 0.1) is 0 Å². The maximum Gasteiger partial charge on any atom is 0.320 e. The maximum atomic E-state index is 10.5. The molecule has 0 aliphatic carbocycles. The Morgan fingerprint density at radius 2 is 2.00 bits per heavy atom. The van der Waals surface area contributed by atoms with Gasteiger partial charge in [-0.05, 0) is 31.0 Å². The van der Waals surface area contributed by atoms with Crippen LogP contribution in [0.25, 0.3) is 0 Å². The summed E-state index contributed by atoms with van der Waals surface area (Å²) in [6.07, 6.45) is 0.335. The van der Waals surface area contributed by atoms with Crippen molar-refractivity contribution in [1.29, 1.82) is 0 Å². The monoisotopic (exact) mass is 245 g/mol. The number of benzene rings is 1. The predicted octanol–water partition coefficient (Wildman–Crippen LogP) is 1.46. The molecule has 16 heavy (non-hydrogen) atoms. The normalized spacial score (nSPS) is 11.4. The topological polar surface area (TPSA) is 72.5 Å². The van der Waals surface area contributed by atoms with E-state index < -0.39 is 12.0 Å². The van der Waals surface area contributed by atoms with Crippen LogP contribution in [0.2, 0.25) is 0 Å². The summed E-state index contributed by atoms with van der Waals surface area (Å²) >= 11 is 0. The van der Waals surface area contributed by atoms with Gasteiger partial charge in [-0.3, -0.25) is 4.79 Å². The van der Waals surface area contributed by atoms with Crippen LogP contribution in [-0.4, -0.2) is 23.7 Å². The van der Waals surface area contributed by atoms with Gasteiger partial charge in [-0.15, -0.1) is 12.4 Å². The molecule has 3 N–H and O–H groups in total. The van der Waals surface area contributed by atoms with Crippen LogP contribution < -0.4 is 10.5 Å². The van der Waals surface area contributed by atoms with Crippen LogP contribution in [0.5, 0.6) is 5.75 Å². The first-order valence-corrected chi connectivity index (χ1v) is 4.83. The van der Waals surface area contributed by atoms with E-state index in [4.69, 9.17) is 15.6 Å². The molecular formula is C11H16ClNO3. The number of rotatable bonds is 5. The fraction of sp³-hybridized carbons (Fsp3) is 0.364. The third-order valence-corrected chi connectivity index (χ3v) is 2.01. The third-order valence-electron chi connectivity index (χ3n) is 2.01. The van der Waals surface area contributed by atoms with Crippen molar-refractivity contribution in [3.05, 3.63) is 29.8 Å². The number of hydrogen-bond acceptors (Lipinski definition) is 3. The fourth-order valence-electron chi connectivity index (χ4n) is 1.23. The second kappa shape index (κ2) is 7.09. The van der Waals surface area contributed by atoms with Crippen molar-refractivity contribution < 1.29 is 14.6 Å². The van der Waals surface area contributed by atoms with Crippen LogP contribution in [0.15, 0.2) is 24.3 Å². The summed E-state index contributed by atoms with van der Waals surface area (Å²) in [5.74, 6) is -0.200. The highest BCUT2D eigenvalue weighted by Crippen LogP contribution is 2.12. The van der Waals surface area contributed by atoms with Crippen molar-refractivity contribution >= 4 is 18.4 Å². The highest BCUT2D eigenvalue weighted by molar-refractivity contribution is 5.85. The van der Waals surface area contributed by atoms with Gasteiger partial charge in [0.25, 0.3) is 0 Å². The number of carboxylic acids is 1. The van der Waals surface area contributed by atoms with Crippen LogP contribution in [0.1, 0.15) is 12.5 Å². The molecule has 0 heterocycles. The molecular weight excluding hydrogens is 230 g/mol. The standard InChI is InChI=1S/C11H15NO3.ClH/c1-2-15-9-5-3-8(4-6-9)7-10(12)11(13)14;/h3-6,10H,2,7,12H2,1H3,(H,13,14);1H/t10-;/m0./s1. The van der Waals surface area contributed by atoms with Crippen LogP contribution in [0.4, 0.5) is 0 Å². The highest BCUT2D eigenvalue weighted by atomic mass is 35.5. The quantitative estimate of drug-likeness (QED) is 0.824. The van der Waals surface area contributed by atoms with Gasteiger partial charge in [0.2, 0.25) is 0 Å². The van der Waals surface area contributed by atoms with Crippen LogP contribution in [0.3, 0.4) is 0 Å². The molecule has 5 heteroatoms. The van der Waals surface area contributed by atoms with Gasteiger partial charge >= 0.3 is 5.97 Å². The second-order valence-corrected chi connectivity index (χ2v) is 3.23. The van der Waals surface area contributed by atoms with Crippen LogP contribution in [-0.2, 0) is 11.2 Å². The Morgan fingerprint density at radius 1 is 1.44 bits per heavy atom. The van der Waals surface area contributed by atoms with Crippen molar-refractivity contribution in [2.75, 3.05) is 6.61 Å². The summed E-state index contributed by atoms with van der Waals surface area (Å²) in [5.41, 5.74) is 6.31. The van der Waals surface area contributed by atoms with E-state index in [9.17, 15) is 4.79 Å². The lowest BCUT2D eigenvalue weighted by Gasteiger charge is -2.07. The molecule has 0 bridgehead atoms. The lowest BCUT2D eigenvalue weighted by molar-refractivity contribution is -0.138. The number of aliphatic carboxylic acids is 1. The minimum absolute atomic E-state index is 0. The first-order valence-electron chi connectivity index (χ1n) is 4.83. The predicted molar refractivity (Wildman–Crippen MR) is 64.2 cm³/mol. The van der Waals surface area contributed by atoms with Crippen molar-refractivity contribution in [2.45, 2.75) is 19.4 Å². The summed E-state index contributed by atoms with van der Waals surface area (Å²) in [5, 5.41) is 8.63. The van der Waals surface area contributed by atoms with Gasteiger partial charge in [0.15, 0.2) is 0 Å². The Bertz CT molecular complexity index is 327. The van der Waals surface area contributed by atoms with E-state index in [1.165, 1.54) is 0 Å². The zero-order valence-corrected chi connectivity index (χ0v) is 9.87. The lowest BCUT2D eigenvalue weighted by Crippen LogP contribution is -2.32. The average molecular weight is 246 g/mol. The molecule has 0 spiro atoms. The summed E-state index contributed by atoms with van der Waals surface area (Å²) in [4.78, 5) is 10.5. The number of carboxylic acid groups (broad SMARTS) is 1. The van der Waals surface area contributed by atoms with E-state index in [0.29, 0.717) is 13.0 Å². The number of hydrogen-bond donors (Lipinski definition) is 2. The van der Waals surface area contributed by atoms with Gasteiger partial charge in [0, 0.05) is 0 Å². The summed E-state index contributed by atoms with van der Waals surface area (Å²) in [7, 11) is 0. The van der Waals surface area contributed by atoms with Gasteiger partial charge in [-0.1, -0.05) is 12.1 Å². The summed E-state index contributed by atoms with van der Waals surface area (Å²) in [6.45, 7) is 2.53. The molecule has 0 saturated carbocycles. The molecule has 0 radical (unpaired) electrons. The third kappa shape index (κ3) is 4.51. The molecule has 1 aromatic carbocycles. The van der Waals surface area contributed by atoms with Gasteiger partial charge in [-0.2, -0.15) is 0 Å². The van der Waals surface area contributed by atoms with Gasteiger partial charge in [-0.25, -0.2) is 0 Å². The molecule has 0 amide bonds. The van der Waals surface area contributed by atoms with E-state index in [0.717, 1.165) is 11.3 Å². The molecule has 1 atom stereocenters. The first kappa shape index (κ1) is 14.7. The molecule has 4 nitrogen and oxygen atoms in total. The molecule has 0 unspecified atom stereocenters. The highest BCUT2D eigenvalue weighted by Gasteiger charge is 2.11. The minimum Gasteiger partial charge on any atom is -0.494 e. The summed E-state index contributed by atoms with van der Waals surface area (Å²) in [6, 6.07) is 6.44. The number of nitrogens with two attached hydrogens (primary N) is 1. The molecule has 0 aliphatic heterocycles. The SMILES string of the molecule is CCOc1ccc(C[C@H](N)C(=O)O)cc1.Cl. The fourth-order valence-corrected chi connectivity index (χ4v) is 1.23. The number of ether oxygens (including phenoxy) is 1. The van der Waals surface area contributed by atoms with Crippen molar-refractivity contribution in [3.8, 4) is 5.75 Å². The Hall–Kier alpha value is -1.26. The van der Waals surface area contributed by atoms with Crippen LogP contribution >= 0.6 is 12.4 Å². The lowest BCUT2D eigenvalue weighted by atomic mass is 10.1. The Morgan fingerprint density at radius 3 is 2.44 bits per heavy atom. The molecule has 90 valence electrons. The molecule has 0 saturated heterocycles. The molecule has 0 aliphatic rings. The van der Waals surface area contributed by atoms with E-state index >= 15 is 0 Å². The van der Waals surface area contributed by atoms with Crippen molar-refractivity contribution in [2.24, 2.45) is 5.73 Å². The van der Waals surface area contributed by atoms with E-state index in [1.807, 2.05) is 31.2 Å². The van der Waals surface area contributed by atoms with Crippen molar-refractivity contribution in [1.82, 2.24) is 0 Å². The zero-order valence-electron chi connectivity index (χ0n) is 9.05. The summed E-state index contributed by atoms with van der Waals surface area (Å²) < 4.78 is 5.27. The second-order valence-electron chi connectivity index (χ2n) is 3.23. The number of carbonyl (C=O) groups is 1. The Labute approximate surface area is 101 Å². The largest absolute Gasteiger partial charge is 0.494 e. The Kier molecular flexibility index (Phi) is 6.53. The Balaban J connectivity index is 0.00000225. The smallest absolute Gasteiger partial charge is 0.320 e. The average Bonchev–Trinajstić information content (AvgIpc) is 2.21. The molecule has 0 aromatic heterocycles. The van der Waals surface area contributed by atoms with Gasteiger partial charge < -0.3 is 15.6 Å². The van der Waals surface area contributed by atoms with E-state index in [1.54, 1.807) is 0 Å². The molecule has 1 rings (SSSR count).